The molecule has 0 aromatic carbocycles. The van der Waals surface area contributed by atoms with Gasteiger partial charge in [-0.3, -0.25) is 0 Å². The van der Waals surface area contributed by atoms with E-state index in [2.05, 4.69) is 16.9 Å². The van der Waals surface area contributed by atoms with Crippen molar-refractivity contribution in [3.63, 3.8) is 0 Å². The topological polar surface area (TPSA) is 75.5 Å². The molecule has 0 atom stereocenters. The minimum atomic E-state index is -0.432. The van der Waals surface area contributed by atoms with E-state index in [9.17, 15) is 4.79 Å². The van der Waals surface area contributed by atoms with E-state index >= 15 is 0 Å². The summed E-state index contributed by atoms with van der Waals surface area (Å²) in [6.07, 6.45) is 1.72. The van der Waals surface area contributed by atoms with Gasteiger partial charge in [-0.1, -0.05) is 11.8 Å². The van der Waals surface area contributed by atoms with Crippen LogP contribution in [0, 0.1) is 0 Å². The van der Waals surface area contributed by atoms with Crippen LogP contribution in [0.15, 0.2) is 18.3 Å². The van der Waals surface area contributed by atoms with Gasteiger partial charge in [-0.2, -0.15) is 0 Å². The zero-order valence-corrected chi connectivity index (χ0v) is 12.0. The molecular formula is C13H21N3O4. The van der Waals surface area contributed by atoms with Crippen LogP contribution in [-0.2, 0) is 32.2 Å². The lowest BCUT2D eigenvalue weighted by Crippen LogP contribution is -2.10. The molecule has 0 bridgehead atoms. The number of hydrogen-bond acceptors (Lipinski definition) is 6. The van der Waals surface area contributed by atoms with Crippen LogP contribution in [0.2, 0.25) is 0 Å². The molecule has 0 aliphatic rings. The molecule has 7 heteroatoms. The molecule has 0 fully saturated rings. The Morgan fingerprint density at radius 3 is 2.80 bits per heavy atom. The molecule has 0 saturated heterocycles. The quantitative estimate of drug-likeness (QED) is 0.361. The average Bonchev–Trinajstić information content (AvgIpc) is 2.87. The second-order valence-electron chi connectivity index (χ2n) is 4.14. The Balaban J connectivity index is 2.19. The molecule has 0 amide bonds. The summed E-state index contributed by atoms with van der Waals surface area (Å²) in [7, 11) is 0. The number of hydrogen-bond donors (Lipinski definition) is 0. The van der Waals surface area contributed by atoms with E-state index in [-0.39, 0.29) is 6.61 Å². The third kappa shape index (κ3) is 6.44. The van der Waals surface area contributed by atoms with Crippen molar-refractivity contribution >= 4 is 5.97 Å². The molecule has 0 unspecified atom stereocenters. The molecule has 7 nitrogen and oxygen atoms in total. The van der Waals surface area contributed by atoms with Gasteiger partial charge in [0.15, 0.2) is 0 Å². The number of nitrogens with zero attached hydrogens (tertiary/aromatic N) is 3. The fourth-order valence-electron chi connectivity index (χ4n) is 1.30. The summed E-state index contributed by atoms with van der Waals surface area (Å²) in [5.74, 6) is -0.432. The van der Waals surface area contributed by atoms with Crippen LogP contribution in [0.4, 0.5) is 0 Å². The van der Waals surface area contributed by atoms with Gasteiger partial charge < -0.3 is 14.2 Å². The van der Waals surface area contributed by atoms with E-state index in [1.165, 1.54) is 0 Å². The van der Waals surface area contributed by atoms with Gasteiger partial charge in [-0.15, -0.1) is 5.10 Å². The first-order valence-corrected chi connectivity index (χ1v) is 6.50. The lowest BCUT2D eigenvalue weighted by molar-refractivity contribution is -0.140. The maximum absolute atomic E-state index is 11.2. The van der Waals surface area contributed by atoms with Gasteiger partial charge in [0.1, 0.15) is 12.3 Å². The highest BCUT2D eigenvalue weighted by Crippen LogP contribution is 2.00. The number of esters is 1. The van der Waals surface area contributed by atoms with E-state index in [0.29, 0.717) is 44.2 Å². The molecule has 1 aromatic heterocycles. The molecule has 0 saturated carbocycles. The van der Waals surface area contributed by atoms with Gasteiger partial charge in [0.2, 0.25) is 0 Å². The first kappa shape index (κ1) is 16.3. The number of ether oxygens (including phenoxy) is 3. The largest absolute Gasteiger partial charge is 0.456 e. The zero-order valence-electron chi connectivity index (χ0n) is 12.0. The Morgan fingerprint density at radius 2 is 2.10 bits per heavy atom. The number of rotatable bonds is 10. The van der Waals surface area contributed by atoms with Crippen LogP contribution in [0.5, 0.6) is 0 Å². The third-order valence-electron chi connectivity index (χ3n) is 2.33. The standard InChI is InChI=1S/C13H21N3O4/c1-4-18-7-8-19-6-5-16-9-12(14-15-16)10-20-13(17)11(2)3/h9H,2,4-8,10H2,1,3H3. The van der Waals surface area contributed by atoms with Crippen molar-refractivity contribution in [2.24, 2.45) is 0 Å². The second-order valence-corrected chi connectivity index (χ2v) is 4.14. The highest BCUT2D eigenvalue weighted by Gasteiger charge is 2.06. The fraction of sp³-hybridized carbons (Fsp3) is 0.615. The van der Waals surface area contributed by atoms with Gasteiger partial charge in [0, 0.05) is 12.2 Å². The normalized spacial score (nSPS) is 10.5. The molecule has 0 aliphatic heterocycles. The lowest BCUT2D eigenvalue weighted by Gasteiger charge is -2.03. The third-order valence-corrected chi connectivity index (χ3v) is 2.33. The average molecular weight is 283 g/mol. The van der Waals surface area contributed by atoms with Crippen LogP contribution in [-0.4, -0.2) is 47.4 Å². The summed E-state index contributed by atoms with van der Waals surface area (Å²) < 4.78 is 17.1. The van der Waals surface area contributed by atoms with Crippen molar-refractivity contribution in [1.29, 1.82) is 0 Å². The summed E-state index contributed by atoms with van der Waals surface area (Å²) in [6.45, 7) is 10.1. The molecular weight excluding hydrogens is 262 g/mol. The Kier molecular flexibility index (Phi) is 7.52. The van der Waals surface area contributed by atoms with Crippen molar-refractivity contribution in [3.05, 3.63) is 24.0 Å². The van der Waals surface area contributed by atoms with Crippen LogP contribution < -0.4 is 0 Å². The van der Waals surface area contributed by atoms with Crippen LogP contribution in [0.1, 0.15) is 19.5 Å². The first-order chi connectivity index (χ1) is 9.63. The summed E-state index contributed by atoms with van der Waals surface area (Å²) in [5.41, 5.74) is 0.953. The monoisotopic (exact) mass is 283 g/mol. The molecule has 0 radical (unpaired) electrons. The predicted octanol–water partition coefficient (Wildman–Crippen LogP) is 0.950. The summed E-state index contributed by atoms with van der Waals surface area (Å²) in [6, 6.07) is 0. The van der Waals surface area contributed by atoms with E-state index in [0.717, 1.165) is 0 Å². The first-order valence-electron chi connectivity index (χ1n) is 6.50. The summed E-state index contributed by atoms with van der Waals surface area (Å²) >= 11 is 0. The molecule has 1 aromatic rings. The SMILES string of the molecule is C=C(C)C(=O)OCc1cn(CCOCCOCC)nn1. The van der Waals surface area contributed by atoms with E-state index in [1.807, 2.05) is 6.92 Å². The van der Waals surface area contributed by atoms with Crippen molar-refractivity contribution in [1.82, 2.24) is 15.0 Å². The molecule has 112 valence electrons. The molecule has 1 rings (SSSR count). The van der Waals surface area contributed by atoms with E-state index < -0.39 is 5.97 Å². The Labute approximate surface area is 118 Å². The molecule has 1 heterocycles. The maximum Gasteiger partial charge on any atom is 0.333 e. The highest BCUT2D eigenvalue weighted by atomic mass is 16.5. The minimum Gasteiger partial charge on any atom is -0.456 e. The summed E-state index contributed by atoms with van der Waals surface area (Å²) in [4.78, 5) is 11.2. The minimum absolute atomic E-state index is 0.0941. The van der Waals surface area contributed by atoms with Gasteiger partial charge in [-0.25, -0.2) is 9.48 Å². The van der Waals surface area contributed by atoms with Gasteiger partial charge in [0.25, 0.3) is 0 Å². The van der Waals surface area contributed by atoms with Gasteiger partial charge >= 0.3 is 5.97 Å². The van der Waals surface area contributed by atoms with Crippen molar-refractivity contribution < 1.29 is 19.0 Å². The second kappa shape index (κ2) is 9.22. The highest BCUT2D eigenvalue weighted by molar-refractivity contribution is 5.86. The van der Waals surface area contributed by atoms with Crippen molar-refractivity contribution in [2.45, 2.75) is 27.0 Å². The molecule has 0 spiro atoms. The smallest absolute Gasteiger partial charge is 0.333 e. The number of carbonyl (C=O) groups excluding carboxylic acids is 1. The maximum atomic E-state index is 11.2. The van der Waals surface area contributed by atoms with Gasteiger partial charge in [0.05, 0.1) is 32.6 Å². The van der Waals surface area contributed by atoms with Crippen molar-refractivity contribution in [2.75, 3.05) is 26.4 Å². The Bertz CT molecular complexity index is 431. The zero-order chi connectivity index (χ0) is 14.8. The molecule has 0 N–H and O–H groups in total. The molecule has 0 aliphatic carbocycles. The Morgan fingerprint density at radius 1 is 1.35 bits per heavy atom. The number of aromatic nitrogens is 3. The predicted molar refractivity (Wildman–Crippen MR) is 71.9 cm³/mol. The van der Waals surface area contributed by atoms with E-state index in [4.69, 9.17) is 14.2 Å². The fourth-order valence-corrected chi connectivity index (χ4v) is 1.30. The van der Waals surface area contributed by atoms with E-state index in [1.54, 1.807) is 17.8 Å². The van der Waals surface area contributed by atoms with Gasteiger partial charge in [-0.05, 0) is 13.8 Å². The summed E-state index contributed by atoms with van der Waals surface area (Å²) in [5, 5.41) is 7.82. The molecule has 20 heavy (non-hydrogen) atoms. The van der Waals surface area contributed by atoms with Crippen LogP contribution in [0.3, 0.4) is 0 Å². The Hall–Kier alpha value is -1.73. The van der Waals surface area contributed by atoms with Crippen molar-refractivity contribution in [3.8, 4) is 0 Å². The number of carbonyl (C=O) groups is 1. The lowest BCUT2D eigenvalue weighted by atomic mass is 10.4. The van der Waals surface area contributed by atoms with Crippen LogP contribution in [0.25, 0.3) is 0 Å². The van der Waals surface area contributed by atoms with Crippen LogP contribution >= 0.6 is 0 Å².